The summed E-state index contributed by atoms with van der Waals surface area (Å²) in [6.07, 6.45) is 6.91. The largest absolute Gasteiger partial charge is 0.315 e. The Balaban J connectivity index is 1.83. The molecule has 2 saturated carbocycles. The fourth-order valence-electron chi connectivity index (χ4n) is 3.68. The number of aromatic nitrogens is 1. The van der Waals surface area contributed by atoms with Gasteiger partial charge in [0.05, 0.1) is 10.7 Å². The van der Waals surface area contributed by atoms with Gasteiger partial charge >= 0.3 is 0 Å². The molecule has 2 aliphatic rings. The third-order valence-corrected chi connectivity index (χ3v) is 5.75. The number of hydrogen-bond acceptors (Lipinski definition) is 3. The molecule has 0 aliphatic heterocycles. The monoisotopic (exact) mass is 250 g/mol. The molecule has 1 heterocycles. The lowest BCUT2D eigenvalue weighted by molar-refractivity contribution is 0.418. The van der Waals surface area contributed by atoms with Crippen molar-refractivity contribution in [2.24, 2.45) is 11.8 Å². The maximum absolute atomic E-state index is 4.93. The lowest BCUT2D eigenvalue weighted by atomic mass is 9.89. The Morgan fingerprint density at radius 2 is 2.24 bits per heavy atom. The third kappa shape index (κ3) is 2.04. The van der Waals surface area contributed by atoms with Crippen LogP contribution in [0.15, 0.2) is 0 Å². The second-order valence-electron chi connectivity index (χ2n) is 5.59. The van der Waals surface area contributed by atoms with Crippen LogP contribution in [-0.2, 0) is 13.0 Å². The smallest absolute Gasteiger partial charge is 0.0965 e. The Morgan fingerprint density at radius 1 is 1.35 bits per heavy atom. The van der Waals surface area contributed by atoms with Crippen LogP contribution in [0.3, 0.4) is 0 Å². The van der Waals surface area contributed by atoms with E-state index in [9.17, 15) is 0 Å². The van der Waals surface area contributed by atoms with Gasteiger partial charge in [0.1, 0.15) is 0 Å². The first-order chi connectivity index (χ1) is 8.31. The van der Waals surface area contributed by atoms with Crippen LogP contribution < -0.4 is 5.32 Å². The summed E-state index contributed by atoms with van der Waals surface area (Å²) in [4.78, 5) is 6.39. The maximum Gasteiger partial charge on any atom is 0.0965 e. The van der Waals surface area contributed by atoms with Gasteiger partial charge in [0.2, 0.25) is 0 Å². The Labute approximate surface area is 108 Å². The van der Waals surface area contributed by atoms with E-state index >= 15 is 0 Å². The van der Waals surface area contributed by atoms with Gasteiger partial charge in [-0.25, -0.2) is 4.98 Å². The number of nitrogens with zero attached hydrogens (tertiary/aromatic N) is 1. The molecule has 2 bridgehead atoms. The number of fused-ring (bicyclic) bond motifs is 2. The van der Waals surface area contributed by atoms with Crippen molar-refractivity contribution in [3.63, 3.8) is 0 Å². The maximum atomic E-state index is 4.93. The van der Waals surface area contributed by atoms with Crippen molar-refractivity contribution >= 4 is 11.3 Å². The van der Waals surface area contributed by atoms with Gasteiger partial charge in [0.15, 0.2) is 0 Å². The highest BCUT2D eigenvalue weighted by atomic mass is 32.1. The minimum Gasteiger partial charge on any atom is -0.315 e. The molecule has 3 heteroatoms. The van der Waals surface area contributed by atoms with Gasteiger partial charge in [-0.1, -0.05) is 13.3 Å². The van der Waals surface area contributed by atoms with E-state index in [-0.39, 0.29) is 0 Å². The number of hydrogen-bond donors (Lipinski definition) is 1. The van der Waals surface area contributed by atoms with Gasteiger partial charge in [-0.3, -0.25) is 0 Å². The molecule has 2 fully saturated rings. The third-order valence-electron chi connectivity index (χ3n) is 4.52. The Morgan fingerprint density at radius 3 is 2.82 bits per heavy atom. The fourth-order valence-corrected chi connectivity index (χ4v) is 5.06. The molecular formula is C14H22N2S. The van der Waals surface area contributed by atoms with Gasteiger partial charge < -0.3 is 5.32 Å². The van der Waals surface area contributed by atoms with Crippen LogP contribution in [0.2, 0.25) is 0 Å². The summed E-state index contributed by atoms with van der Waals surface area (Å²) in [5, 5.41) is 4.71. The molecule has 0 spiro atoms. The van der Waals surface area contributed by atoms with Crippen molar-refractivity contribution in [1.29, 1.82) is 0 Å². The quantitative estimate of drug-likeness (QED) is 0.886. The predicted molar refractivity (Wildman–Crippen MR) is 72.4 cm³/mol. The van der Waals surface area contributed by atoms with Crippen LogP contribution in [-0.4, -0.2) is 12.0 Å². The first-order valence-corrected chi connectivity index (χ1v) is 7.76. The van der Waals surface area contributed by atoms with Crippen molar-refractivity contribution < 1.29 is 0 Å². The molecular weight excluding hydrogens is 228 g/mol. The molecule has 3 rings (SSSR count). The lowest BCUT2D eigenvalue weighted by Crippen LogP contribution is -2.08. The van der Waals surface area contributed by atoms with E-state index in [1.54, 1.807) is 0 Å². The molecule has 0 radical (unpaired) electrons. The minimum absolute atomic E-state index is 0.801. The zero-order valence-electron chi connectivity index (χ0n) is 10.8. The standard InChI is InChI=1S/C14H22N2S/c1-3-12-13(8-15-2)17-14(16-12)11-7-9-4-5-10(11)6-9/h9-11,15H,3-8H2,1-2H3. The molecule has 1 aromatic heterocycles. The molecule has 2 nitrogen and oxygen atoms in total. The second kappa shape index (κ2) is 4.69. The molecule has 2 aliphatic carbocycles. The van der Waals surface area contributed by atoms with Gasteiger partial charge in [-0.15, -0.1) is 11.3 Å². The average Bonchev–Trinajstić information content (AvgIpc) is 3.02. The van der Waals surface area contributed by atoms with Crippen LogP contribution in [0.25, 0.3) is 0 Å². The van der Waals surface area contributed by atoms with Crippen molar-refractivity contribution in [2.75, 3.05) is 7.05 Å². The summed E-state index contributed by atoms with van der Waals surface area (Å²) in [6, 6.07) is 0. The molecule has 17 heavy (non-hydrogen) atoms. The van der Waals surface area contributed by atoms with E-state index in [0.717, 1.165) is 30.7 Å². The second-order valence-corrected chi connectivity index (χ2v) is 6.70. The zero-order valence-corrected chi connectivity index (χ0v) is 11.6. The van der Waals surface area contributed by atoms with E-state index in [4.69, 9.17) is 4.98 Å². The topological polar surface area (TPSA) is 24.9 Å². The highest BCUT2D eigenvalue weighted by Gasteiger charge is 2.41. The van der Waals surface area contributed by atoms with Crippen LogP contribution in [0.5, 0.6) is 0 Å². The zero-order chi connectivity index (χ0) is 11.8. The first-order valence-electron chi connectivity index (χ1n) is 6.94. The number of rotatable bonds is 4. The van der Waals surface area contributed by atoms with Gasteiger partial charge in [0.25, 0.3) is 0 Å². The van der Waals surface area contributed by atoms with E-state index in [2.05, 4.69) is 12.2 Å². The summed E-state index contributed by atoms with van der Waals surface area (Å²) in [5.41, 5.74) is 1.34. The lowest BCUT2D eigenvalue weighted by Gasteiger charge is -2.18. The van der Waals surface area contributed by atoms with Crippen LogP contribution in [0, 0.1) is 11.8 Å². The molecule has 3 atom stereocenters. The fraction of sp³-hybridized carbons (Fsp3) is 0.786. The summed E-state index contributed by atoms with van der Waals surface area (Å²) < 4.78 is 0. The summed E-state index contributed by atoms with van der Waals surface area (Å²) in [5.74, 6) is 2.78. The highest BCUT2D eigenvalue weighted by Crippen LogP contribution is 2.53. The average molecular weight is 250 g/mol. The van der Waals surface area contributed by atoms with Crippen LogP contribution in [0.4, 0.5) is 0 Å². The van der Waals surface area contributed by atoms with E-state index in [1.807, 2.05) is 18.4 Å². The molecule has 1 N–H and O–H groups in total. The van der Waals surface area contributed by atoms with Crippen LogP contribution in [0.1, 0.15) is 54.1 Å². The number of thiazole rings is 1. The molecule has 0 aromatic carbocycles. The van der Waals surface area contributed by atoms with Crippen molar-refractivity contribution in [1.82, 2.24) is 10.3 Å². The van der Waals surface area contributed by atoms with Gasteiger partial charge in [-0.2, -0.15) is 0 Å². The molecule has 1 aromatic rings. The Bertz CT molecular complexity index is 399. The van der Waals surface area contributed by atoms with Gasteiger partial charge in [0, 0.05) is 17.3 Å². The van der Waals surface area contributed by atoms with Gasteiger partial charge in [-0.05, 0) is 44.6 Å². The van der Waals surface area contributed by atoms with Crippen LogP contribution >= 0.6 is 11.3 Å². The first kappa shape index (κ1) is 11.7. The van der Waals surface area contributed by atoms with Crippen molar-refractivity contribution in [3.05, 3.63) is 15.6 Å². The number of nitrogens with one attached hydrogen (secondary N) is 1. The minimum atomic E-state index is 0.801. The molecule has 0 amide bonds. The molecule has 3 unspecified atom stereocenters. The predicted octanol–water partition coefficient (Wildman–Crippen LogP) is 3.33. The molecule has 94 valence electrons. The van der Waals surface area contributed by atoms with E-state index < -0.39 is 0 Å². The summed E-state index contributed by atoms with van der Waals surface area (Å²) >= 11 is 1.97. The Hall–Kier alpha value is -0.410. The molecule has 0 saturated heterocycles. The summed E-state index contributed by atoms with van der Waals surface area (Å²) in [7, 11) is 2.02. The normalized spacial score (nSPS) is 31.3. The van der Waals surface area contributed by atoms with Crippen molar-refractivity contribution in [3.8, 4) is 0 Å². The van der Waals surface area contributed by atoms with E-state index in [0.29, 0.717) is 0 Å². The SMILES string of the molecule is CCc1nc(C2CC3CCC2C3)sc1CNC. The van der Waals surface area contributed by atoms with Crippen molar-refractivity contribution in [2.45, 2.75) is 51.5 Å². The highest BCUT2D eigenvalue weighted by molar-refractivity contribution is 7.11. The number of aryl methyl sites for hydroxylation is 1. The summed E-state index contributed by atoms with van der Waals surface area (Å²) in [6.45, 7) is 3.21. The van der Waals surface area contributed by atoms with E-state index in [1.165, 1.54) is 41.3 Å². The Kier molecular flexibility index (Phi) is 3.22.